The van der Waals surface area contributed by atoms with E-state index in [1.165, 1.54) is 120 Å². The average Bonchev–Trinajstić information content (AvgIpc) is 1.27. The second-order valence-electron chi connectivity index (χ2n) is 24.2. The van der Waals surface area contributed by atoms with E-state index >= 15 is 0 Å². The molecule has 12 aromatic rings. The van der Waals surface area contributed by atoms with Gasteiger partial charge in [-0.15, -0.1) is 138 Å². The molecule has 0 amide bonds. The third kappa shape index (κ3) is 19.9. The molecule has 0 atom stereocenters. The van der Waals surface area contributed by atoms with E-state index in [1.807, 2.05) is 26.0 Å². The molecule has 18 heteroatoms. The topological polar surface area (TPSA) is 0 Å². The molecular weight excluding hydrogens is 1510 g/mol. The van der Waals surface area contributed by atoms with Gasteiger partial charge in [-0.05, 0) is 109 Å². The van der Waals surface area contributed by atoms with Gasteiger partial charge in [-0.3, -0.25) is 0 Å². The number of alkyl halides is 12. The minimum absolute atomic E-state index is 0. The molecule has 2 fully saturated rings. The van der Waals surface area contributed by atoms with E-state index in [2.05, 4.69) is 121 Å². The Hall–Kier alpha value is -5.71. The second kappa shape index (κ2) is 35.7. The third-order valence-corrected chi connectivity index (χ3v) is 18.1. The van der Waals surface area contributed by atoms with E-state index in [9.17, 15) is 52.7 Å². The van der Waals surface area contributed by atoms with Crippen LogP contribution in [0.15, 0.2) is 218 Å². The Kier molecular flexibility index (Phi) is 30.3. The predicted molar refractivity (Wildman–Crippen MR) is 350 cm³/mol. The fraction of sp³-hybridized carbons (Fsp3) is 0.250. The number of rotatable bonds is 8. The molecule has 0 saturated heterocycles. The molecule has 14 rings (SSSR count). The zero-order chi connectivity index (χ0) is 65.0. The zero-order valence-corrected chi connectivity index (χ0v) is 61.4. The Morgan fingerprint density at radius 2 is 0.561 bits per heavy atom. The molecule has 0 spiro atoms. The van der Waals surface area contributed by atoms with Crippen molar-refractivity contribution in [2.45, 2.75) is 127 Å². The zero-order valence-electron chi connectivity index (χ0n) is 53.5. The SMILES string of the molecule is CCc1cc2c(-c3cc(C(F)(F)F)cc(C(F)(F)F)c3)cccc2[cH-]1.CCc1cc2c(-c3cc(C(F)(F)F)cc(C(F)(F)F)c3)cccc2[cH-]1.[Cl-].[Cl-].[Cl-].[Cl-].[Zr+4].[Zr+4].c1ccc(-c2cccc3[cH-]c(C4CCCCC4)cc23)cc1.c1ccc(-c2cccc3[cH-]c(C4CCCCC4)cc23)cc1. The molecule has 0 unspecified atom stereocenters. The summed E-state index contributed by atoms with van der Waals surface area (Å²) in [6, 6.07) is 65.3. The van der Waals surface area contributed by atoms with Crippen LogP contribution in [0.25, 0.3) is 87.6 Å². The van der Waals surface area contributed by atoms with E-state index in [4.69, 9.17) is 0 Å². The molecule has 508 valence electrons. The normalized spacial score (nSPS) is 13.5. The van der Waals surface area contributed by atoms with Crippen molar-refractivity contribution in [2.75, 3.05) is 0 Å². The first-order valence-corrected chi connectivity index (χ1v) is 31.5. The molecule has 0 bridgehead atoms. The summed E-state index contributed by atoms with van der Waals surface area (Å²) >= 11 is 0. The number of hydrogen-bond acceptors (Lipinski definition) is 0. The first-order chi connectivity index (χ1) is 44.0. The fourth-order valence-corrected chi connectivity index (χ4v) is 13.3. The Labute approximate surface area is 627 Å². The maximum atomic E-state index is 13.1. The minimum Gasteiger partial charge on any atom is -1.00 e. The summed E-state index contributed by atoms with van der Waals surface area (Å²) in [6.45, 7) is 3.86. The quantitative estimate of drug-likeness (QED) is 0.105. The summed E-state index contributed by atoms with van der Waals surface area (Å²) in [5.74, 6) is 1.57. The fourth-order valence-electron chi connectivity index (χ4n) is 13.3. The van der Waals surface area contributed by atoms with Crippen molar-refractivity contribution in [1.29, 1.82) is 0 Å². The maximum absolute atomic E-state index is 13.1. The minimum atomic E-state index is -4.86. The predicted octanol–water partition coefficient (Wildman–Crippen LogP) is 14.2. The van der Waals surface area contributed by atoms with Gasteiger partial charge in [0.05, 0.1) is 22.3 Å². The van der Waals surface area contributed by atoms with E-state index in [-0.39, 0.29) is 125 Å². The van der Waals surface area contributed by atoms with Crippen LogP contribution in [0.2, 0.25) is 0 Å². The Balaban J connectivity index is 0.000000232. The van der Waals surface area contributed by atoms with Crippen LogP contribution in [0, 0.1) is 0 Å². The number of halogens is 16. The summed E-state index contributed by atoms with van der Waals surface area (Å²) in [7, 11) is 0. The van der Waals surface area contributed by atoms with Gasteiger partial charge >= 0.3 is 77.1 Å². The molecular formula is C80H68Cl4F12Zr2. The van der Waals surface area contributed by atoms with E-state index in [0.29, 0.717) is 21.9 Å². The number of aryl methyl sites for hydroxylation is 2. The largest absolute Gasteiger partial charge is 4.00 e. The van der Waals surface area contributed by atoms with Crippen LogP contribution in [-0.4, -0.2) is 0 Å². The molecule has 2 saturated carbocycles. The van der Waals surface area contributed by atoms with Crippen LogP contribution in [0.3, 0.4) is 0 Å². The van der Waals surface area contributed by atoms with Crippen molar-refractivity contribution < 1.29 is 155 Å². The van der Waals surface area contributed by atoms with Gasteiger partial charge in [0.2, 0.25) is 0 Å². The molecule has 0 aromatic heterocycles. The van der Waals surface area contributed by atoms with Crippen molar-refractivity contribution in [1.82, 2.24) is 0 Å². The van der Waals surface area contributed by atoms with Crippen molar-refractivity contribution in [3.63, 3.8) is 0 Å². The van der Waals surface area contributed by atoms with Gasteiger partial charge in [-0.25, -0.2) is 0 Å². The van der Waals surface area contributed by atoms with Gasteiger partial charge in [-0.2, -0.15) is 77.0 Å². The third-order valence-electron chi connectivity index (χ3n) is 18.1. The van der Waals surface area contributed by atoms with E-state index in [0.717, 1.165) is 70.8 Å². The first kappa shape index (κ1) is 83.0. The first-order valence-electron chi connectivity index (χ1n) is 31.5. The van der Waals surface area contributed by atoms with Crippen LogP contribution in [0.5, 0.6) is 0 Å². The van der Waals surface area contributed by atoms with Crippen LogP contribution in [0.4, 0.5) is 52.7 Å². The second-order valence-corrected chi connectivity index (χ2v) is 24.2. The number of hydrogen-bond donors (Lipinski definition) is 0. The maximum Gasteiger partial charge on any atom is 4.00 e. The van der Waals surface area contributed by atoms with Crippen LogP contribution in [-0.2, 0) is 90.0 Å². The molecule has 0 radical (unpaired) electrons. The summed E-state index contributed by atoms with van der Waals surface area (Å²) in [6.07, 6.45) is -4.04. The Bertz CT molecular complexity index is 4120. The van der Waals surface area contributed by atoms with Crippen molar-refractivity contribution in [2.24, 2.45) is 0 Å². The van der Waals surface area contributed by atoms with Gasteiger partial charge in [-0.1, -0.05) is 160 Å². The van der Waals surface area contributed by atoms with Crippen molar-refractivity contribution in [3.05, 3.63) is 263 Å². The van der Waals surface area contributed by atoms with E-state index in [1.54, 1.807) is 47.5 Å². The van der Waals surface area contributed by atoms with Crippen molar-refractivity contribution >= 4 is 43.1 Å². The summed E-state index contributed by atoms with van der Waals surface area (Å²) in [5, 5.41) is 8.52. The Morgan fingerprint density at radius 3 is 0.837 bits per heavy atom. The van der Waals surface area contributed by atoms with Crippen molar-refractivity contribution in [3.8, 4) is 44.5 Å². The Morgan fingerprint density at radius 1 is 0.296 bits per heavy atom. The standard InChI is InChI=1S/2C21H21.2C19H13F6.4ClH.2Zr/c2*1-3-8-16(9-4-1)19-14-18-12-7-13-20(21(18)15-19)17-10-5-2-6-11-17;2*1-2-11-6-12-4-3-5-16(17(12)7-11)13-8-14(18(20,21)22)10-15(9-13)19(23,24)25;;;;;;/h2*2,5-7,10-16H,1,3-4,8-9H2;2*3-10H,2H2,1H3;4*1H;;/q4*-1;;;;;2*+4/p-4. The molecule has 98 heavy (non-hydrogen) atoms. The van der Waals surface area contributed by atoms with Gasteiger partial charge in [0.25, 0.3) is 0 Å². The average molecular weight is 1580 g/mol. The molecule has 12 aromatic carbocycles. The van der Waals surface area contributed by atoms with Crippen LogP contribution >= 0.6 is 0 Å². The smallest absolute Gasteiger partial charge is 1.00 e. The van der Waals surface area contributed by atoms with Crippen LogP contribution in [0.1, 0.15) is 134 Å². The van der Waals surface area contributed by atoms with E-state index < -0.39 is 47.0 Å². The summed E-state index contributed by atoms with van der Waals surface area (Å²) < 4.78 is 157. The summed E-state index contributed by atoms with van der Waals surface area (Å²) in [5.41, 5.74) is 5.75. The molecule has 0 heterocycles. The van der Waals surface area contributed by atoms with Crippen LogP contribution < -0.4 is 49.6 Å². The summed E-state index contributed by atoms with van der Waals surface area (Å²) in [4.78, 5) is 0. The molecule has 2 aliphatic rings. The van der Waals surface area contributed by atoms with Gasteiger partial charge < -0.3 is 49.6 Å². The van der Waals surface area contributed by atoms with Gasteiger partial charge in [0.15, 0.2) is 0 Å². The number of fused-ring (bicyclic) bond motifs is 4. The molecule has 0 nitrogen and oxygen atoms in total. The van der Waals surface area contributed by atoms with Gasteiger partial charge in [0, 0.05) is 0 Å². The molecule has 0 N–H and O–H groups in total. The molecule has 2 aliphatic carbocycles. The monoisotopic (exact) mass is 1580 g/mol. The molecule has 0 aliphatic heterocycles. The number of benzene rings is 8. The van der Waals surface area contributed by atoms with Gasteiger partial charge in [0.1, 0.15) is 0 Å².